The van der Waals surface area contributed by atoms with Crippen LogP contribution in [0.4, 0.5) is 4.39 Å². The Morgan fingerprint density at radius 1 is 1.04 bits per heavy atom. The summed E-state index contributed by atoms with van der Waals surface area (Å²) in [4.78, 5) is 23.1. The number of amides is 1. The van der Waals surface area contributed by atoms with Gasteiger partial charge in [-0.1, -0.05) is 24.3 Å². The van der Waals surface area contributed by atoms with E-state index in [0.29, 0.717) is 31.2 Å². The minimum atomic E-state index is -3.47. The van der Waals surface area contributed by atoms with Gasteiger partial charge in [-0.25, -0.2) is 22.5 Å². The molecular formula is C36H50FN5O3S. The van der Waals surface area contributed by atoms with E-state index in [2.05, 4.69) is 51.4 Å². The first-order valence-corrected chi connectivity index (χ1v) is 18.6. The number of nitrogens with one attached hydrogen (secondary N) is 1. The molecule has 2 bridgehead atoms. The van der Waals surface area contributed by atoms with Crippen LogP contribution in [0.1, 0.15) is 90.1 Å². The quantitative estimate of drug-likeness (QED) is 0.293. The van der Waals surface area contributed by atoms with Crippen molar-refractivity contribution in [2.45, 2.75) is 108 Å². The molecule has 250 valence electrons. The summed E-state index contributed by atoms with van der Waals surface area (Å²) in [7, 11) is -3.47. The minimum absolute atomic E-state index is 0.0470. The van der Waals surface area contributed by atoms with E-state index in [1.54, 1.807) is 39.8 Å². The lowest BCUT2D eigenvalue weighted by Crippen LogP contribution is -2.53. The Bertz CT molecular complexity index is 1660. The highest BCUT2D eigenvalue weighted by molar-refractivity contribution is 7.90. The van der Waals surface area contributed by atoms with Crippen molar-refractivity contribution in [3.63, 3.8) is 0 Å². The molecule has 6 rings (SSSR count). The van der Waals surface area contributed by atoms with Crippen LogP contribution in [0.2, 0.25) is 0 Å². The van der Waals surface area contributed by atoms with Crippen molar-refractivity contribution in [2.24, 2.45) is 5.41 Å². The van der Waals surface area contributed by atoms with Crippen LogP contribution in [-0.4, -0.2) is 77.2 Å². The molecule has 10 heteroatoms. The van der Waals surface area contributed by atoms with Gasteiger partial charge in [0.2, 0.25) is 15.9 Å². The fourth-order valence-electron chi connectivity index (χ4n) is 8.38. The number of aromatic nitrogens is 2. The Morgan fingerprint density at radius 3 is 2.37 bits per heavy atom. The predicted molar refractivity (Wildman–Crippen MR) is 181 cm³/mol. The number of aryl methyl sites for hydroxylation is 1. The second kappa shape index (κ2) is 12.7. The van der Waals surface area contributed by atoms with Crippen molar-refractivity contribution in [1.29, 1.82) is 0 Å². The van der Waals surface area contributed by atoms with Crippen LogP contribution >= 0.6 is 0 Å². The maximum absolute atomic E-state index is 14.6. The zero-order valence-corrected chi connectivity index (χ0v) is 28.8. The number of carbonyl (C=O) groups is 1. The zero-order chi connectivity index (χ0) is 32.9. The third kappa shape index (κ3) is 6.37. The highest BCUT2D eigenvalue weighted by Crippen LogP contribution is 2.45. The number of fused-ring (bicyclic) bond motifs is 3. The maximum Gasteiger partial charge on any atom is 0.229 e. The second-order valence-corrected chi connectivity index (χ2v) is 17.2. The van der Waals surface area contributed by atoms with Crippen molar-refractivity contribution in [2.75, 3.05) is 26.2 Å². The van der Waals surface area contributed by atoms with E-state index < -0.39 is 20.7 Å². The number of para-hydroxylation sites is 2. The molecule has 2 aromatic carbocycles. The summed E-state index contributed by atoms with van der Waals surface area (Å²) < 4.78 is 44.4. The molecule has 8 nitrogen and oxygen atoms in total. The molecule has 0 saturated carbocycles. The van der Waals surface area contributed by atoms with Crippen molar-refractivity contribution >= 4 is 27.0 Å². The fourth-order valence-corrected chi connectivity index (χ4v) is 9.28. The topological polar surface area (TPSA) is 87.5 Å². The maximum atomic E-state index is 14.6. The number of hydrogen-bond acceptors (Lipinski definition) is 5. The molecule has 1 aromatic heterocycles. The number of sulfonamides is 1. The van der Waals surface area contributed by atoms with Gasteiger partial charge in [-0.2, -0.15) is 0 Å². The van der Waals surface area contributed by atoms with E-state index in [1.165, 1.54) is 24.4 Å². The molecule has 4 heterocycles. The van der Waals surface area contributed by atoms with Crippen molar-refractivity contribution in [3.8, 4) is 0 Å². The Morgan fingerprint density at radius 2 is 1.72 bits per heavy atom. The normalized spacial score (nSPS) is 23.8. The lowest BCUT2D eigenvalue weighted by molar-refractivity contribution is -0.141. The van der Waals surface area contributed by atoms with Crippen molar-refractivity contribution in [1.82, 2.24) is 24.1 Å². The second-order valence-electron chi connectivity index (χ2n) is 14.9. The fraction of sp³-hybridized carbons (Fsp3) is 0.611. The number of rotatable bonds is 10. The molecule has 46 heavy (non-hydrogen) atoms. The van der Waals surface area contributed by atoms with Gasteiger partial charge in [0.1, 0.15) is 11.6 Å². The van der Waals surface area contributed by atoms with Gasteiger partial charge in [0, 0.05) is 37.8 Å². The number of nitrogens with zero attached hydrogens (tertiary/aromatic N) is 4. The van der Waals surface area contributed by atoms with Crippen LogP contribution in [0.25, 0.3) is 11.0 Å². The van der Waals surface area contributed by atoms with Crippen LogP contribution in [0.3, 0.4) is 0 Å². The Balaban J connectivity index is 1.15. The molecule has 3 saturated heterocycles. The first-order chi connectivity index (χ1) is 21.8. The molecule has 0 spiro atoms. The molecule has 1 N–H and O–H groups in total. The highest BCUT2D eigenvalue weighted by Gasteiger charge is 2.45. The predicted octanol–water partition coefficient (Wildman–Crippen LogP) is 5.96. The molecule has 3 atom stereocenters. The van der Waals surface area contributed by atoms with Gasteiger partial charge in [-0.15, -0.1) is 0 Å². The summed E-state index contributed by atoms with van der Waals surface area (Å²) in [5, 5.41) is -0.559. The van der Waals surface area contributed by atoms with Gasteiger partial charge >= 0.3 is 0 Å². The summed E-state index contributed by atoms with van der Waals surface area (Å²) in [5.41, 5.74) is 2.21. The smallest absolute Gasteiger partial charge is 0.229 e. The molecule has 1 unspecified atom stereocenters. The average molecular weight is 652 g/mol. The van der Waals surface area contributed by atoms with E-state index in [1.807, 2.05) is 4.90 Å². The third-order valence-electron chi connectivity index (χ3n) is 11.2. The molecular weight excluding hydrogens is 601 g/mol. The van der Waals surface area contributed by atoms with Crippen LogP contribution in [-0.2, 0) is 20.2 Å². The summed E-state index contributed by atoms with van der Waals surface area (Å²) in [5.74, 6) is 0.818. The molecule has 0 aliphatic carbocycles. The van der Waals surface area contributed by atoms with Crippen LogP contribution in [0, 0.1) is 18.2 Å². The van der Waals surface area contributed by atoms with Crippen molar-refractivity contribution < 1.29 is 17.6 Å². The summed E-state index contributed by atoms with van der Waals surface area (Å²) in [6.45, 7) is 11.1. The first kappa shape index (κ1) is 33.1. The SMILES string of the molecule is Cc1nc2ccccc2n1C1C[C@H]2CC[C@@H](C1)N2CCC1(c2cccc(F)c2)CCN(C(=O)C(C)(C)CNS(=O)(=O)C(C)C)CC1. The number of benzene rings is 2. The van der Waals surface area contributed by atoms with Gasteiger partial charge < -0.3 is 9.47 Å². The van der Waals surface area contributed by atoms with Gasteiger partial charge in [0.05, 0.1) is 21.7 Å². The monoisotopic (exact) mass is 651 g/mol. The van der Waals surface area contributed by atoms with Gasteiger partial charge in [-0.05, 0) is 121 Å². The largest absolute Gasteiger partial charge is 0.342 e. The number of carbonyl (C=O) groups excluding carboxylic acids is 1. The van der Waals surface area contributed by atoms with Crippen molar-refractivity contribution in [3.05, 3.63) is 65.7 Å². The van der Waals surface area contributed by atoms with Crippen LogP contribution in [0.5, 0.6) is 0 Å². The third-order valence-corrected chi connectivity index (χ3v) is 13.0. The van der Waals surface area contributed by atoms with E-state index in [4.69, 9.17) is 4.98 Å². The number of likely N-dealkylation sites (tertiary alicyclic amines) is 1. The lowest BCUT2D eigenvalue weighted by Gasteiger charge is -2.46. The number of hydrogen-bond donors (Lipinski definition) is 1. The van der Waals surface area contributed by atoms with Crippen LogP contribution < -0.4 is 4.72 Å². The number of imidazole rings is 1. The summed E-state index contributed by atoms with van der Waals surface area (Å²) in [6, 6.07) is 17.0. The van der Waals surface area contributed by atoms with E-state index in [-0.39, 0.29) is 23.7 Å². The molecule has 3 aliphatic heterocycles. The van der Waals surface area contributed by atoms with Gasteiger partial charge in [-0.3, -0.25) is 9.69 Å². The summed E-state index contributed by atoms with van der Waals surface area (Å²) in [6.07, 6.45) is 7.06. The lowest BCUT2D eigenvalue weighted by atomic mass is 9.70. The van der Waals surface area contributed by atoms with Crippen LogP contribution in [0.15, 0.2) is 48.5 Å². The first-order valence-electron chi connectivity index (χ1n) is 17.0. The van der Waals surface area contributed by atoms with E-state index in [9.17, 15) is 17.6 Å². The molecule has 3 aromatic rings. The Hall–Kier alpha value is -2.82. The standard InChI is InChI=1S/C36H50FN5O3S/c1-25(2)46(44,45)38-24-35(4,5)34(43)40-18-15-36(16-19-40,27-9-8-10-28(37)21-27)17-20-41-29-13-14-30(41)23-31(22-29)42-26(3)39-32-11-6-7-12-33(32)42/h6-12,21,25,29-31,38H,13-20,22-24H2,1-5H3/t29-,30+,31?. The zero-order valence-electron chi connectivity index (χ0n) is 28.0. The van der Waals surface area contributed by atoms with Gasteiger partial charge in [0.15, 0.2) is 0 Å². The Labute approximate surface area is 273 Å². The van der Waals surface area contributed by atoms with Gasteiger partial charge in [0.25, 0.3) is 0 Å². The van der Waals surface area contributed by atoms with E-state index in [0.717, 1.165) is 55.6 Å². The number of halogens is 1. The highest BCUT2D eigenvalue weighted by atomic mass is 32.2. The minimum Gasteiger partial charge on any atom is -0.342 e. The Kier molecular flexibility index (Phi) is 9.10. The number of piperidine rings is 2. The molecule has 3 aliphatic rings. The summed E-state index contributed by atoms with van der Waals surface area (Å²) >= 11 is 0. The van der Waals surface area contributed by atoms with E-state index >= 15 is 0 Å². The molecule has 3 fully saturated rings. The average Bonchev–Trinajstić information content (AvgIpc) is 3.49. The molecule has 0 radical (unpaired) electrons. The molecule has 1 amide bonds.